The topological polar surface area (TPSA) is 29.5 Å². The molecule has 0 unspecified atom stereocenters. The number of rotatable bonds is 5. The molecule has 10 aromatic rings. The maximum absolute atomic E-state index is 6.76. The molecule has 0 radical (unpaired) electrons. The molecule has 1 aliphatic carbocycles. The van der Waals surface area contributed by atoms with Crippen LogP contribution >= 0.6 is 0 Å². The van der Waals surface area contributed by atoms with Crippen LogP contribution in [0.15, 0.2) is 185 Å². The number of benzene rings is 8. The Bertz CT molecular complexity index is 3080. The average Bonchev–Trinajstić information content (AvgIpc) is 3.85. The molecule has 54 heavy (non-hydrogen) atoms. The summed E-state index contributed by atoms with van der Waals surface area (Å²) in [4.78, 5) is 2.43. The second-order valence-corrected chi connectivity index (χ2v) is 14.9. The number of para-hydroxylation sites is 2. The highest BCUT2D eigenvalue weighted by Gasteiger charge is 2.36. The van der Waals surface area contributed by atoms with Gasteiger partial charge in [0.25, 0.3) is 0 Å². The lowest BCUT2D eigenvalue weighted by molar-refractivity contribution is 0.660. The zero-order valence-corrected chi connectivity index (χ0v) is 30.0. The minimum absolute atomic E-state index is 0.146. The third-order valence-corrected chi connectivity index (χ3v) is 11.5. The van der Waals surface area contributed by atoms with Gasteiger partial charge in [0.05, 0.1) is 16.8 Å². The smallest absolute Gasteiger partial charge is 0.143 e. The Morgan fingerprint density at radius 1 is 0.407 bits per heavy atom. The van der Waals surface area contributed by atoms with Gasteiger partial charge < -0.3 is 13.7 Å². The highest BCUT2D eigenvalue weighted by atomic mass is 16.3. The number of nitrogens with zero attached hydrogens (tertiary/aromatic N) is 1. The minimum Gasteiger partial charge on any atom is -0.456 e. The van der Waals surface area contributed by atoms with E-state index in [1.807, 2.05) is 6.07 Å². The molecule has 0 atom stereocenters. The van der Waals surface area contributed by atoms with E-state index in [-0.39, 0.29) is 5.41 Å². The monoisotopic (exact) mass is 693 g/mol. The van der Waals surface area contributed by atoms with Crippen molar-refractivity contribution in [1.82, 2.24) is 0 Å². The lowest BCUT2D eigenvalue weighted by Gasteiger charge is -2.30. The summed E-state index contributed by atoms with van der Waals surface area (Å²) in [5.41, 5.74) is 16.3. The van der Waals surface area contributed by atoms with Crippen LogP contribution in [0.5, 0.6) is 0 Å². The maximum atomic E-state index is 6.76. The summed E-state index contributed by atoms with van der Waals surface area (Å²) in [6, 6.07) is 62.8. The lowest BCUT2D eigenvalue weighted by atomic mass is 9.82. The Kier molecular flexibility index (Phi) is 6.60. The van der Waals surface area contributed by atoms with Crippen LogP contribution in [0, 0.1) is 0 Å². The van der Waals surface area contributed by atoms with E-state index in [0.717, 1.165) is 83.2 Å². The van der Waals surface area contributed by atoms with Crippen molar-refractivity contribution >= 4 is 60.9 Å². The number of hydrogen-bond acceptors (Lipinski definition) is 3. The Morgan fingerprint density at radius 3 is 1.83 bits per heavy atom. The molecule has 11 rings (SSSR count). The van der Waals surface area contributed by atoms with Gasteiger partial charge in [-0.15, -0.1) is 0 Å². The number of anilines is 3. The lowest BCUT2D eigenvalue weighted by Crippen LogP contribution is -2.17. The average molecular weight is 694 g/mol. The fourth-order valence-corrected chi connectivity index (χ4v) is 8.90. The zero-order chi connectivity index (χ0) is 36.0. The summed E-state index contributed by atoms with van der Waals surface area (Å²) in [6.45, 7) is 4.69. The fraction of sp³-hybridized carbons (Fsp3) is 0.0588. The highest BCUT2D eigenvalue weighted by molar-refractivity contribution is 6.20. The summed E-state index contributed by atoms with van der Waals surface area (Å²) >= 11 is 0. The molecule has 0 saturated heterocycles. The Hall–Kier alpha value is -6.84. The third-order valence-electron chi connectivity index (χ3n) is 11.5. The van der Waals surface area contributed by atoms with Crippen LogP contribution in [0.25, 0.3) is 77.3 Å². The molecule has 1 aliphatic rings. The first-order valence-electron chi connectivity index (χ1n) is 18.6. The van der Waals surface area contributed by atoms with E-state index < -0.39 is 0 Å². The quantitative estimate of drug-likeness (QED) is 0.180. The predicted octanol–water partition coefficient (Wildman–Crippen LogP) is 14.6. The van der Waals surface area contributed by atoms with Gasteiger partial charge in [-0.2, -0.15) is 0 Å². The first kappa shape index (κ1) is 30.8. The zero-order valence-electron chi connectivity index (χ0n) is 30.0. The van der Waals surface area contributed by atoms with E-state index in [0.29, 0.717) is 0 Å². The molecule has 3 nitrogen and oxygen atoms in total. The van der Waals surface area contributed by atoms with Crippen LogP contribution in [0.4, 0.5) is 17.1 Å². The SMILES string of the molecule is CC1(C)c2ccccc2-c2ccc(N(c3ccccc3-c3ccccc3)c3cccc4oc5cc6c(cc5c34)oc3c(-c4ccccc4)cccc36)cc21. The van der Waals surface area contributed by atoms with Gasteiger partial charge in [0.1, 0.15) is 22.3 Å². The maximum Gasteiger partial charge on any atom is 0.143 e. The molecule has 2 heterocycles. The van der Waals surface area contributed by atoms with E-state index in [2.05, 4.69) is 189 Å². The van der Waals surface area contributed by atoms with Crippen molar-refractivity contribution in [2.45, 2.75) is 19.3 Å². The van der Waals surface area contributed by atoms with Crippen molar-refractivity contribution < 1.29 is 8.83 Å². The molecule has 256 valence electrons. The summed E-state index contributed by atoms with van der Waals surface area (Å²) in [6.07, 6.45) is 0. The van der Waals surface area contributed by atoms with Crippen molar-refractivity contribution in [3.63, 3.8) is 0 Å². The molecular weight excluding hydrogens is 659 g/mol. The minimum atomic E-state index is -0.146. The molecule has 0 N–H and O–H groups in total. The first-order valence-corrected chi connectivity index (χ1v) is 18.6. The predicted molar refractivity (Wildman–Crippen MR) is 224 cm³/mol. The molecule has 8 aromatic carbocycles. The molecular formula is C51H35NO2. The van der Waals surface area contributed by atoms with E-state index in [9.17, 15) is 0 Å². The fourth-order valence-electron chi connectivity index (χ4n) is 8.90. The van der Waals surface area contributed by atoms with Gasteiger partial charge >= 0.3 is 0 Å². The van der Waals surface area contributed by atoms with Gasteiger partial charge in [0.15, 0.2) is 0 Å². The second kappa shape index (κ2) is 11.6. The van der Waals surface area contributed by atoms with E-state index in [1.165, 1.54) is 22.3 Å². The summed E-state index contributed by atoms with van der Waals surface area (Å²) in [5, 5.41) is 4.19. The van der Waals surface area contributed by atoms with E-state index >= 15 is 0 Å². The Balaban J connectivity index is 1.18. The molecule has 0 saturated carbocycles. The number of fused-ring (bicyclic) bond motifs is 9. The van der Waals surface area contributed by atoms with Crippen LogP contribution in [-0.2, 0) is 5.41 Å². The van der Waals surface area contributed by atoms with Gasteiger partial charge in [-0.3, -0.25) is 0 Å². The van der Waals surface area contributed by atoms with Crippen molar-refractivity contribution in [1.29, 1.82) is 0 Å². The first-order chi connectivity index (χ1) is 26.5. The highest BCUT2D eigenvalue weighted by Crippen LogP contribution is 2.52. The summed E-state index contributed by atoms with van der Waals surface area (Å²) < 4.78 is 13.5. The Labute approximate surface area is 313 Å². The van der Waals surface area contributed by atoms with Crippen molar-refractivity contribution in [3.05, 3.63) is 187 Å². The van der Waals surface area contributed by atoms with Crippen LogP contribution in [-0.4, -0.2) is 0 Å². The van der Waals surface area contributed by atoms with Crippen LogP contribution in [0.2, 0.25) is 0 Å². The normalized spacial score (nSPS) is 13.1. The summed E-state index contributed by atoms with van der Waals surface area (Å²) in [7, 11) is 0. The van der Waals surface area contributed by atoms with Gasteiger partial charge in [-0.05, 0) is 75.8 Å². The van der Waals surface area contributed by atoms with E-state index in [1.54, 1.807) is 0 Å². The molecule has 0 aliphatic heterocycles. The molecule has 3 heteroatoms. The van der Waals surface area contributed by atoms with Crippen LogP contribution in [0.3, 0.4) is 0 Å². The van der Waals surface area contributed by atoms with Gasteiger partial charge in [-0.1, -0.05) is 147 Å². The van der Waals surface area contributed by atoms with Crippen molar-refractivity contribution in [2.75, 3.05) is 4.90 Å². The second-order valence-electron chi connectivity index (χ2n) is 14.9. The van der Waals surface area contributed by atoms with Gasteiger partial charge in [-0.25, -0.2) is 0 Å². The summed E-state index contributed by atoms with van der Waals surface area (Å²) in [5.74, 6) is 0. The number of furan rings is 2. The van der Waals surface area contributed by atoms with E-state index in [4.69, 9.17) is 8.83 Å². The van der Waals surface area contributed by atoms with Gasteiger partial charge in [0, 0.05) is 38.4 Å². The van der Waals surface area contributed by atoms with Crippen molar-refractivity contribution in [3.8, 4) is 33.4 Å². The third kappa shape index (κ3) is 4.48. The molecule has 0 bridgehead atoms. The largest absolute Gasteiger partial charge is 0.456 e. The number of hydrogen-bond donors (Lipinski definition) is 0. The van der Waals surface area contributed by atoms with Gasteiger partial charge in [0.2, 0.25) is 0 Å². The molecule has 0 amide bonds. The van der Waals surface area contributed by atoms with Crippen LogP contribution in [0.1, 0.15) is 25.0 Å². The molecule has 0 fully saturated rings. The van der Waals surface area contributed by atoms with Crippen molar-refractivity contribution in [2.24, 2.45) is 0 Å². The standard InChI is InChI=1S/C51H35NO2/c1-51(2)42-23-11-9-20-37(42)38-28-27-34(29-43(38)51)52(44-24-12-10-19-35(44)32-15-5-3-6-16-32)45-25-14-26-46-49(45)41-31-47-40(30-48(41)53-46)39-22-13-21-36(50(39)54-47)33-17-7-4-8-18-33/h3-31H,1-2H3. The molecule has 2 aromatic heterocycles. The molecule has 0 spiro atoms. The van der Waals surface area contributed by atoms with Crippen LogP contribution < -0.4 is 4.90 Å². The Morgan fingerprint density at radius 2 is 1.02 bits per heavy atom.